The molecule has 3 rings (SSSR count). The summed E-state index contributed by atoms with van der Waals surface area (Å²) in [5, 5.41) is 12.0. The molecule has 3 aromatic rings. The average Bonchev–Trinajstić information content (AvgIpc) is 2.65. The second-order valence-electron chi connectivity index (χ2n) is 5.13. The van der Waals surface area contributed by atoms with Gasteiger partial charge in [-0.05, 0) is 36.4 Å². The Balaban J connectivity index is 1.90. The van der Waals surface area contributed by atoms with E-state index < -0.39 is 0 Å². The van der Waals surface area contributed by atoms with Crippen LogP contribution in [0.3, 0.4) is 0 Å². The summed E-state index contributed by atoms with van der Waals surface area (Å²) in [7, 11) is 1.74. The molecule has 0 saturated carbocycles. The van der Waals surface area contributed by atoms with E-state index in [1.807, 2.05) is 42.5 Å². The van der Waals surface area contributed by atoms with Crippen LogP contribution in [-0.4, -0.2) is 22.7 Å². The third-order valence-electron chi connectivity index (χ3n) is 3.52. The number of anilines is 2. The molecule has 1 N–H and O–H groups in total. The van der Waals surface area contributed by atoms with Crippen LogP contribution in [0.2, 0.25) is 0 Å². The first-order valence-electron chi connectivity index (χ1n) is 7.53. The Bertz CT molecular complexity index is 958. The van der Waals surface area contributed by atoms with Crippen molar-refractivity contribution in [2.75, 3.05) is 12.4 Å². The number of hydrogen-bond acceptors (Lipinski definition) is 5. The van der Waals surface area contributed by atoms with Crippen molar-refractivity contribution in [1.82, 2.24) is 9.97 Å². The maximum Gasteiger partial charge on any atom is 0.227 e. The number of aromatic nitrogens is 2. The van der Waals surface area contributed by atoms with Crippen molar-refractivity contribution in [3.05, 3.63) is 82.1 Å². The highest BCUT2D eigenvalue weighted by Gasteiger charge is 2.12. The van der Waals surface area contributed by atoms with Crippen LogP contribution in [0.15, 0.2) is 70.3 Å². The number of halogens is 1. The molecule has 5 nitrogen and oxygen atoms in total. The fourth-order valence-corrected chi connectivity index (χ4v) is 2.81. The van der Waals surface area contributed by atoms with Gasteiger partial charge in [-0.15, -0.1) is 0 Å². The van der Waals surface area contributed by atoms with Crippen molar-refractivity contribution in [1.29, 1.82) is 5.26 Å². The maximum absolute atomic E-state index is 8.86. The van der Waals surface area contributed by atoms with Gasteiger partial charge in [-0.25, -0.2) is 9.97 Å². The SMILES string of the molecule is CN=C(c1ccnc(Nc2ccc(C#N)cc2)n1)c1ccccc1Br. The summed E-state index contributed by atoms with van der Waals surface area (Å²) in [6.07, 6.45) is 1.69. The van der Waals surface area contributed by atoms with Crippen LogP contribution in [0.1, 0.15) is 16.8 Å². The van der Waals surface area contributed by atoms with Crippen molar-refractivity contribution in [3.63, 3.8) is 0 Å². The van der Waals surface area contributed by atoms with Gasteiger partial charge in [0, 0.05) is 29.0 Å². The van der Waals surface area contributed by atoms with E-state index in [0.29, 0.717) is 11.5 Å². The minimum absolute atomic E-state index is 0.468. The van der Waals surface area contributed by atoms with Gasteiger partial charge < -0.3 is 5.32 Å². The third-order valence-corrected chi connectivity index (χ3v) is 4.21. The molecule has 0 aliphatic rings. The summed E-state index contributed by atoms with van der Waals surface area (Å²) in [6, 6.07) is 18.9. The molecule has 1 heterocycles. The van der Waals surface area contributed by atoms with Gasteiger partial charge in [-0.2, -0.15) is 5.26 Å². The smallest absolute Gasteiger partial charge is 0.227 e. The molecule has 1 aromatic heterocycles. The fraction of sp³-hybridized carbons (Fsp3) is 0.0526. The van der Waals surface area contributed by atoms with Gasteiger partial charge in [0.25, 0.3) is 0 Å². The van der Waals surface area contributed by atoms with Crippen LogP contribution >= 0.6 is 15.9 Å². The molecule has 0 aliphatic carbocycles. The normalized spacial score (nSPS) is 11.0. The van der Waals surface area contributed by atoms with Crippen molar-refractivity contribution in [2.24, 2.45) is 4.99 Å². The van der Waals surface area contributed by atoms with E-state index in [4.69, 9.17) is 5.26 Å². The largest absolute Gasteiger partial charge is 0.324 e. The summed E-state index contributed by atoms with van der Waals surface area (Å²) in [6.45, 7) is 0. The van der Waals surface area contributed by atoms with E-state index in [0.717, 1.165) is 27.1 Å². The fourth-order valence-electron chi connectivity index (χ4n) is 2.33. The molecule has 0 atom stereocenters. The summed E-state index contributed by atoms with van der Waals surface area (Å²) >= 11 is 3.55. The van der Waals surface area contributed by atoms with Crippen molar-refractivity contribution in [2.45, 2.75) is 0 Å². The second-order valence-corrected chi connectivity index (χ2v) is 5.99. The molecule has 25 heavy (non-hydrogen) atoms. The van der Waals surface area contributed by atoms with Crippen molar-refractivity contribution >= 4 is 33.3 Å². The Kier molecular flexibility index (Phi) is 5.17. The zero-order chi connectivity index (χ0) is 17.6. The van der Waals surface area contributed by atoms with Gasteiger partial charge in [-0.1, -0.05) is 34.1 Å². The minimum Gasteiger partial charge on any atom is -0.324 e. The third kappa shape index (κ3) is 3.90. The molecule has 0 aliphatic heterocycles. The van der Waals surface area contributed by atoms with Crippen LogP contribution in [0, 0.1) is 11.3 Å². The Hall–Kier alpha value is -3.04. The lowest BCUT2D eigenvalue weighted by Gasteiger charge is -2.10. The molecule has 0 radical (unpaired) electrons. The van der Waals surface area contributed by atoms with E-state index in [1.54, 1.807) is 25.4 Å². The Morgan fingerprint density at radius 3 is 2.56 bits per heavy atom. The predicted molar refractivity (Wildman–Crippen MR) is 102 cm³/mol. The van der Waals surface area contributed by atoms with Crippen LogP contribution in [0.25, 0.3) is 0 Å². The zero-order valence-electron chi connectivity index (χ0n) is 13.4. The number of nitriles is 1. The van der Waals surface area contributed by atoms with Crippen molar-refractivity contribution in [3.8, 4) is 6.07 Å². The lowest BCUT2D eigenvalue weighted by atomic mass is 10.1. The highest BCUT2D eigenvalue weighted by molar-refractivity contribution is 9.10. The molecule has 0 saturated heterocycles. The van der Waals surface area contributed by atoms with Crippen LogP contribution in [-0.2, 0) is 0 Å². The second kappa shape index (κ2) is 7.69. The van der Waals surface area contributed by atoms with Gasteiger partial charge in [0.2, 0.25) is 5.95 Å². The van der Waals surface area contributed by atoms with Crippen LogP contribution in [0.5, 0.6) is 0 Å². The minimum atomic E-state index is 0.468. The molecule has 0 amide bonds. The molecular formula is C19H14BrN5. The van der Waals surface area contributed by atoms with Gasteiger partial charge >= 0.3 is 0 Å². The number of aliphatic imine (C=N–C) groups is 1. The predicted octanol–water partition coefficient (Wildman–Crippen LogP) is 4.32. The molecule has 2 aromatic carbocycles. The lowest BCUT2D eigenvalue weighted by Crippen LogP contribution is -2.09. The number of hydrogen-bond donors (Lipinski definition) is 1. The zero-order valence-corrected chi connectivity index (χ0v) is 15.0. The summed E-state index contributed by atoms with van der Waals surface area (Å²) in [4.78, 5) is 13.2. The number of nitrogens with zero attached hydrogens (tertiary/aromatic N) is 4. The van der Waals surface area contributed by atoms with E-state index in [9.17, 15) is 0 Å². The highest BCUT2D eigenvalue weighted by atomic mass is 79.9. The van der Waals surface area contributed by atoms with Gasteiger partial charge in [0.15, 0.2) is 0 Å². The number of nitrogens with one attached hydrogen (secondary N) is 1. The van der Waals surface area contributed by atoms with Gasteiger partial charge in [0.05, 0.1) is 23.0 Å². The first kappa shape index (κ1) is 16.8. The molecule has 0 bridgehead atoms. The van der Waals surface area contributed by atoms with E-state index in [-0.39, 0.29) is 0 Å². The average molecular weight is 392 g/mol. The maximum atomic E-state index is 8.86. The number of benzene rings is 2. The van der Waals surface area contributed by atoms with Crippen LogP contribution < -0.4 is 5.32 Å². The monoisotopic (exact) mass is 391 g/mol. The molecule has 122 valence electrons. The first-order chi connectivity index (χ1) is 12.2. The topological polar surface area (TPSA) is 74.0 Å². The van der Waals surface area contributed by atoms with E-state index >= 15 is 0 Å². The first-order valence-corrected chi connectivity index (χ1v) is 8.33. The lowest BCUT2D eigenvalue weighted by molar-refractivity contribution is 1.14. The molecule has 6 heteroatoms. The summed E-state index contributed by atoms with van der Waals surface area (Å²) in [5.41, 5.74) is 3.88. The highest BCUT2D eigenvalue weighted by Crippen LogP contribution is 2.20. The van der Waals surface area contributed by atoms with Crippen LogP contribution in [0.4, 0.5) is 11.6 Å². The van der Waals surface area contributed by atoms with Gasteiger partial charge in [0.1, 0.15) is 0 Å². The summed E-state index contributed by atoms with van der Waals surface area (Å²) in [5.74, 6) is 0.468. The van der Waals surface area contributed by atoms with Gasteiger partial charge in [-0.3, -0.25) is 4.99 Å². The molecular weight excluding hydrogens is 378 g/mol. The quantitative estimate of drug-likeness (QED) is 0.671. The Labute approximate surface area is 154 Å². The number of rotatable bonds is 4. The van der Waals surface area contributed by atoms with E-state index in [1.165, 1.54) is 0 Å². The Morgan fingerprint density at radius 1 is 1.12 bits per heavy atom. The molecule has 0 unspecified atom stereocenters. The molecule has 0 fully saturated rings. The Morgan fingerprint density at radius 2 is 1.88 bits per heavy atom. The van der Waals surface area contributed by atoms with E-state index in [2.05, 4.69) is 42.3 Å². The standard InChI is InChI=1S/C19H14BrN5/c1-22-18(15-4-2-3-5-16(15)20)17-10-11-23-19(25-17)24-14-8-6-13(12-21)7-9-14/h2-11H,1H3,(H,23,24,25). The molecule has 0 spiro atoms. The summed E-state index contributed by atoms with van der Waals surface area (Å²) < 4.78 is 0.954. The van der Waals surface area contributed by atoms with Crippen molar-refractivity contribution < 1.29 is 0 Å².